The van der Waals surface area contributed by atoms with Crippen LogP contribution < -0.4 is 21.5 Å². The number of carbonyl (C=O) groups excluding carboxylic acids is 3. The van der Waals surface area contributed by atoms with Crippen LogP contribution in [0.1, 0.15) is 19.8 Å². The van der Waals surface area contributed by atoms with Gasteiger partial charge in [-0.3, -0.25) is 19.8 Å². The van der Waals surface area contributed by atoms with E-state index in [1.165, 1.54) is 13.3 Å². The van der Waals surface area contributed by atoms with Gasteiger partial charge in [-0.1, -0.05) is 0 Å². The zero-order chi connectivity index (χ0) is 17.7. The Kier molecular flexibility index (Phi) is 5.35. The molecule has 0 aromatic carbocycles. The van der Waals surface area contributed by atoms with E-state index < -0.39 is 17.2 Å². The minimum absolute atomic E-state index is 0.189. The first-order valence-corrected chi connectivity index (χ1v) is 7.51. The Morgan fingerprint density at radius 1 is 1.25 bits per heavy atom. The van der Waals surface area contributed by atoms with Gasteiger partial charge in [0.25, 0.3) is 0 Å². The number of hydrogen-bond acceptors (Lipinski definition) is 7. The summed E-state index contributed by atoms with van der Waals surface area (Å²) in [7, 11) is 1.40. The standard InChI is InChI=1S/C15H21N5O4/c1-15(14(23)24-2)5-7-20(8-6-15)11-4-3-10(9-17-11)18-12(21)13(22)19-16/h3-4,9H,5-8,16H2,1-2H3,(H,18,21)(H,19,22). The van der Waals surface area contributed by atoms with E-state index in [0.29, 0.717) is 31.6 Å². The van der Waals surface area contributed by atoms with Crippen LogP contribution in [0.25, 0.3) is 0 Å². The molecule has 0 spiro atoms. The third kappa shape index (κ3) is 3.80. The van der Waals surface area contributed by atoms with Gasteiger partial charge in [0.15, 0.2) is 0 Å². The quantitative estimate of drug-likeness (QED) is 0.229. The molecule has 1 aromatic rings. The van der Waals surface area contributed by atoms with Crippen molar-refractivity contribution >= 4 is 29.3 Å². The number of rotatable bonds is 3. The lowest BCUT2D eigenvalue weighted by Gasteiger charge is -2.37. The summed E-state index contributed by atoms with van der Waals surface area (Å²) < 4.78 is 4.86. The number of nitrogens with zero attached hydrogens (tertiary/aromatic N) is 2. The van der Waals surface area contributed by atoms with E-state index in [9.17, 15) is 14.4 Å². The molecule has 2 rings (SSSR count). The number of carbonyl (C=O) groups is 3. The molecule has 1 aliphatic heterocycles. The van der Waals surface area contributed by atoms with E-state index in [0.717, 1.165) is 5.82 Å². The van der Waals surface area contributed by atoms with E-state index in [2.05, 4.69) is 15.2 Å². The molecule has 0 saturated carbocycles. The Morgan fingerprint density at radius 2 is 1.92 bits per heavy atom. The van der Waals surface area contributed by atoms with Crippen molar-refractivity contribution in [2.45, 2.75) is 19.8 Å². The van der Waals surface area contributed by atoms with Crippen LogP contribution in [0.15, 0.2) is 18.3 Å². The van der Waals surface area contributed by atoms with E-state index >= 15 is 0 Å². The second-order valence-corrected chi connectivity index (χ2v) is 5.87. The van der Waals surface area contributed by atoms with Gasteiger partial charge in [-0.05, 0) is 31.9 Å². The third-order valence-corrected chi connectivity index (χ3v) is 4.21. The van der Waals surface area contributed by atoms with Crippen LogP contribution in [0, 0.1) is 5.41 Å². The fraction of sp³-hybridized carbons (Fsp3) is 0.467. The number of hydrogen-bond donors (Lipinski definition) is 3. The number of piperidine rings is 1. The summed E-state index contributed by atoms with van der Waals surface area (Å²) in [5.41, 5.74) is 1.68. The van der Waals surface area contributed by atoms with Crippen LogP contribution in [0.5, 0.6) is 0 Å². The highest BCUT2D eigenvalue weighted by Crippen LogP contribution is 2.33. The van der Waals surface area contributed by atoms with Gasteiger partial charge in [-0.15, -0.1) is 0 Å². The Hall–Kier alpha value is -2.68. The van der Waals surface area contributed by atoms with E-state index in [1.807, 2.05) is 6.92 Å². The fourth-order valence-electron chi connectivity index (χ4n) is 2.58. The van der Waals surface area contributed by atoms with Crippen LogP contribution >= 0.6 is 0 Å². The molecule has 130 valence electrons. The van der Waals surface area contributed by atoms with Crippen LogP contribution in [0.4, 0.5) is 11.5 Å². The zero-order valence-corrected chi connectivity index (χ0v) is 13.7. The van der Waals surface area contributed by atoms with Gasteiger partial charge in [-0.25, -0.2) is 10.8 Å². The summed E-state index contributed by atoms with van der Waals surface area (Å²) in [5.74, 6) is 3.64. The Labute approximate surface area is 139 Å². The number of hydrazine groups is 1. The van der Waals surface area contributed by atoms with Crippen LogP contribution in [0.3, 0.4) is 0 Å². The molecule has 0 bridgehead atoms. The highest BCUT2D eigenvalue weighted by Gasteiger charge is 2.38. The first-order valence-electron chi connectivity index (χ1n) is 7.51. The van der Waals surface area contributed by atoms with Crippen molar-refractivity contribution in [1.82, 2.24) is 10.4 Å². The predicted molar refractivity (Wildman–Crippen MR) is 86.8 cm³/mol. The molecule has 1 saturated heterocycles. The number of aromatic nitrogens is 1. The van der Waals surface area contributed by atoms with Gasteiger partial charge < -0.3 is 15.0 Å². The monoisotopic (exact) mass is 335 g/mol. The molecule has 1 aromatic heterocycles. The molecule has 0 atom stereocenters. The minimum atomic E-state index is -0.933. The minimum Gasteiger partial charge on any atom is -0.469 e. The number of nitrogens with one attached hydrogen (secondary N) is 2. The Bertz CT molecular complexity index is 623. The van der Waals surface area contributed by atoms with Gasteiger partial charge >= 0.3 is 17.8 Å². The molecule has 9 heteroatoms. The van der Waals surface area contributed by atoms with Crippen LogP contribution in [-0.2, 0) is 19.1 Å². The lowest BCUT2D eigenvalue weighted by molar-refractivity contribution is -0.153. The van der Waals surface area contributed by atoms with Crippen molar-refractivity contribution in [3.05, 3.63) is 18.3 Å². The first-order chi connectivity index (χ1) is 11.4. The van der Waals surface area contributed by atoms with Crippen LogP contribution in [-0.4, -0.2) is 43.0 Å². The number of pyridine rings is 1. The predicted octanol–water partition coefficient (Wildman–Crippen LogP) is -0.210. The molecule has 0 unspecified atom stereocenters. The average Bonchev–Trinajstić information content (AvgIpc) is 2.61. The molecule has 0 radical (unpaired) electrons. The van der Waals surface area contributed by atoms with Crippen molar-refractivity contribution in [3.8, 4) is 0 Å². The number of anilines is 2. The lowest BCUT2D eigenvalue weighted by atomic mass is 9.80. The summed E-state index contributed by atoms with van der Waals surface area (Å²) in [6, 6.07) is 3.40. The van der Waals surface area contributed by atoms with Crippen molar-refractivity contribution in [2.75, 3.05) is 30.4 Å². The highest BCUT2D eigenvalue weighted by atomic mass is 16.5. The average molecular weight is 335 g/mol. The Morgan fingerprint density at radius 3 is 2.42 bits per heavy atom. The number of esters is 1. The lowest BCUT2D eigenvalue weighted by Crippen LogP contribution is -2.43. The second-order valence-electron chi connectivity index (χ2n) is 5.87. The summed E-state index contributed by atoms with van der Waals surface area (Å²) in [6.45, 7) is 3.27. The van der Waals surface area contributed by atoms with Crippen molar-refractivity contribution in [3.63, 3.8) is 0 Å². The van der Waals surface area contributed by atoms with E-state index in [4.69, 9.17) is 10.6 Å². The number of amides is 2. The largest absolute Gasteiger partial charge is 0.469 e. The molecular weight excluding hydrogens is 314 g/mol. The second kappa shape index (κ2) is 7.26. The maximum Gasteiger partial charge on any atom is 0.323 e. The topological polar surface area (TPSA) is 127 Å². The molecule has 9 nitrogen and oxygen atoms in total. The molecule has 2 amide bonds. The summed E-state index contributed by atoms with van der Waals surface area (Å²) in [5, 5.41) is 2.39. The number of ether oxygens (including phenoxy) is 1. The normalized spacial score (nSPS) is 16.2. The van der Waals surface area contributed by atoms with Gasteiger partial charge in [0.1, 0.15) is 5.82 Å². The first kappa shape index (κ1) is 17.7. The van der Waals surface area contributed by atoms with Crippen molar-refractivity contribution in [2.24, 2.45) is 11.3 Å². The number of nitrogens with two attached hydrogens (primary N) is 1. The molecule has 4 N–H and O–H groups in total. The zero-order valence-electron chi connectivity index (χ0n) is 13.7. The maximum atomic E-state index is 11.8. The molecule has 2 heterocycles. The van der Waals surface area contributed by atoms with Crippen molar-refractivity contribution < 1.29 is 19.1 Å². The Balaban J connectivity index is 1.96. The summed E-state index contributed by atoms with van der Waals surface area (Å²) in [4.78, 5) is 40.6. The maximum absolute atomic E-state index is 11.8. The third-order valence-electron chi connectivity index (χ3n) is 4.21. The number of methoxy groups -OCH3 is 1. The van der Waals surface area contributed by atoms with Gasteiger partial charge in [0, 0.05) is 13.1 Å². The highest BCUT2D eigenvalue weighted by molar-refractivity contribution is 6.39. The van der Waals surface area contributed by atoms with Gasteiger partial charge in [0.05, 0.1) is 24.4 Å². The van der Waals surface area contributed by atoms with E-state index in [-0.39, 0.29) is 5.97 Å². The molecule has 24 heavy (non-hydrogen) atoms. The smallest absolute Gasteiger partial charge is 0.323 e. The molecular formula is C15H21N5O4. The van der Waals surface area contributed by atoms with Gasteiger partial charge in [0.2, 0.25) is 0 Å². The molecule has 1 aliphatic rings. The summed E-state index contributed by atoms with van der Waals surface area (Å²) >= 11 is 0. The summed E-state index contributed by atoms with van der Waals surface area (Å²) in [6.07, 6.45) is 2.82. The molecule has 1 fully saturated rings. The van der Waals surface area contributed by atoms with Gasteiger partial charge in [-0.2, -0.15) is 0 Å². The van der Waals surface area contributed by atoms with E-state index in [1.54, 1.807) is 17.6 Å². The molecule has 0 aliphatic carbocycles. The fourth-order valence-corrected chi connectivity index (χ4v) is 2.58. The van der Waals surface area contributed by atoms with Crippen LogP contribution in [0.2, 0.25) is 0 Å². The SMILES string of the molecule is COC(=O)C1(C)CCN(c2ccc(NC(=O)C(=O)NN)cn2)CC1. The van der Waals surface area contributed by atoms with Crippen molar-refractivity contribution in [1.29, 1.82) is 0 Å².